The van der Waals surface area contributed by atoms with Crippen LogP contribution in [0.5, 0.6) is 11.5 Å². The van der Waals surface area contributed by atoms with Crippen LogP contribution in [0.15, 0.2) is 65.3 Å². The van der Waals surface area contributed by atoms with E-state index >= 15 is 0 Å². The Kier molecular flexibility index (Phi) is 7.30. The maximum absolute atomic E-state index is 13.2. The fraction of sp³-hybridized carbons (Fsp3) is 0.154. The monoisotopic (exact) mass is 510 g/mol. The zero-order chi connectivity index (χ0) is 25.8. The summed E-state index contributed by atoms with van der Waals surface area (Å²) < 4.78 is 30.0. The van der Waals surface area contributed by atoms with Gasteiger partial charge in [0.1, 0.15) is 12.4 Å². The largest absolute Gasteiger partial charge is 0.490 e. The molecule has 10 heteroatoms. The third-order valence-corrected chi connectivity index (χ3v) is 5.57. The normalized spacial score (nSPS) is 13.9. The molecule has 0 saturated carbocycles. The summed E-state index contributed by atoms with van der Waals surface area (Å²) >= 11 is 6.47. The fourth-order valence-electron chi connectivity index (χ4n) is 3.55. The molecule has 0 saturated heterocycles. The van der Waals surface area contributed by atoms with Crippen LogP contribution in [-0.4, -0.2) is 23.4 Å². The van der Waals surface area contributed by atoms with Crippen molar-refractivity contribution in [2.75, 3.05) is 6.61 Å². The standard InChI is InChI=1S/C26H20ClFN2O6/c1-3-34-23-13-17(11-20(27)24(23)35-14-16-7-9-18(28)10-8-16)12-21-26(31)36-25(29-21)19-5-4-6-22(15(19)2)30(32)33/h4-13H,3,14H2,1-2H3/b21-12-. The number of hydrogen-bond donors (Lipinski definition) is 0. The van der Waals surface area contributed by atoms with Gasteiger partial charge in [0.15, 0.2) is 17.2 Å². The van der Waals surface area contributed by atoms with Gasteiger partial charge in [0.25, 0.3) is 5.69 Å². The molecule has 4 rings (SSSR count). The lowest BCUT2D eigenvalue weighted by Crippen LogP contribution is -2.08. The number of ether oxygens (including phenoxy) is 3. The van der Waals surface area contributed by atoms with Crippen LogP contribution in [0.25, 0.3) is 6.08 Å². The average Bonchev–Trinajstić information content (AvgIpc) is 3.19. The Balaban J connectivity index is 1.63. The van der Waals surface area contributed by atoms with Crippen LogP contribution in [0.4, 0.5) is 10.1 Å². The summed E-state index contributed by atoms with van der Waals surface area (Å²) in [5.74, 6) is -0.426. The first kappa shape index (κ1) is 24.9. The van der Waals surface area contributed by atoms with Crippen LogP contribution >= 0.6 is 11.6 Å². The van der Waals surface area contributed by atoms with Crippen molar-refractivity contribution in [2.45, 2.75) is 20.5 Å². The molecule has 0 fully saturated rings. The summed E-state index contributed by atoms with van der Waals surface area (Å²) in [4.78, 5) is 27.5. The van der Waals surface area contributed by atoms with Gasteiger partial charge >= 0.3 is 5.97 Å². The molecular formula is C26H20ClFN2O6. The minimum atomic E-state index is -0.707. The average molecular weight is 511 g/mol. The molecule has 36 heavy (non-hydrogen) atoms. The van der Waals surface area contributed by atoms with E-state index in [1.807, 2.05) is 0 Å². The first-order valence-corrected chi connectivity index (χ1v) is 11.2. The van der Waals surface area contributed by atoms with E-state index in [0.29, 0.717) is 34.8 Å². The highest BCUT2D eigenvalue weighted by Gasteiger charge is 2.27. The number of nitrogens with zero attached hydrogens (tertiary/aromatic N) is 2. The molecule has 0 atom stereocenters. The minimum absolute atomic E-state index is 0.00518. The second-order valence-corrected chi connectivity index (χ2v) is 8.13. The predicted molar refractivity (Wildman–Crippen MR) is 132 cm³/mol. The van der Waals surface area contributed by atoms with Gasteiger partial charge in [-0.3, -0.25) is 10.1 Å². The van der Waals surface area contributed by atoms with Gasteiger partial charge in [-0.25, -0.2) is 14.2 Å². The van der Waals surface area contributed by atoms with Gasteiger partial charge in [-0.15, -0.1) is 0 Å². The molecule has 1 aliphatic heterocycles. The van der Waals surface area contributed by atoms with Crippen LogP contribution in [-0.2, 0) is 16.1 Å². The molecule has 0 amide bonds. The third kappa shape index (κ3) is 5.36. The lowest BCUT2D eigenvalue weighted by Gasteiger charge is -2.14. The quantitative estimate of drug-likeness (QED) is 0.159. The summed E-state index contributed by atoms with van der Waals surface area (Å²) in [5, 5.41) is 11.5. The number of benzene rings is 3. The number of carbonyl (C=O) groups is 1. The fourth-order valence-corrected chi connectivity index (χ4v) is 3.82. The molecule has 0 spiro atoms. The Hall–Kier alpha value is -4.24. The number of halogens is 2. The summed E-state index contributed by atoms with van der Waals surface area (Å²) in [6.45, 7) is 3.84. The van der Waals surface area contributed by atoms with Gasteiger partial charge in [-0.1, -0.05) is 29.8 Å². The zero-order valence-electron chi connectivity index (χ0n) is 19.3. The SMILES string of the molecule is CCOc1cc(/C=C2\N=C(c3cccc([N+](=O)[O-])c3C)OC2=O)cc(Cl)c1OCc1ccc(F)cc1. The molecule has 0 N–H and O–H groups in total. The van der Waals surface area contributed by atoms with E-state index in [1.165, 1.54) is 30.3 Å². The molecule has 1 heterocycles. The summed E-state index contributed by atoms with van der Waals surface area (Å²) in [5.41, 5.74) is 1.82. The second-order valence-electron chi connectivity index (χ2n) is 7.72. The smallest absolute Gasteiger partial charge is 0.363 e. The van der Waals surface area contributed by atoms with E-state index in [4.69, 9.17) is 25.8 Å². The molecule has 0 radical (unpaired) electrons. The molecule has 184 valence electrons. The number of cyclic esters (lactones) is 1. The zero-order valence-corrected chi connectivity index (χ0v) is 20.0. The van der Waals surface area contributed by atoms with Gasteiger partial charge in [0.2, 0.25) is 5.90 Å². The van der Waals surface area contributed by atoms with Crippen molar-refractivity contribution >= 4 is 35.2 Å². The lowest BCUT2D eigenvalue weighted by atomic mass is 10.1. The van der Waals surface area contributed by atoms with Crippen molar-refractivity contribution in [3.63, 3.8) is 0 Å². The highest BCUT2D eigenvalue weighted by atomic mass is 35.5. The highest BCUT2D eigenvalue weighted by molar-refractivity contribution is 6.32. The number of esters is 1. The van der Waals surface area contributed by atoms with Crippen molar-refractivity contribution in [1.82, 2.24) is 0 Å². The van der Waals surface area contributed by atoms with E-state index < -0.39 is 10.9 Å². The number of nitro benzene ring substituents is 1. The van der Waals surface area contributed by atoms with E-state index in [9.17, 15) is 19.3 Å². The number of aliphatic imine (C=N–C) groups is 1. The van der Waals surface area contributed by atoms with Crippen LogP contribution in [0, 0.1) is 22.9 Å². The van der Waals surface area contributed by atoms with Crippen molar-refractivity contribution in [3.05, 3.63) is 104 Å². The first-order chi connectivity index (χ1) is 17.3. The summed E-state index contributed by atoms with van der Waals surface area (Å²) in [6, 6.07) is 13.6. The molecule has 0 aromatic heterocycles. The third-order valence-electron chi connectivity index (χ3n) is 5.28. The Morgan fingerprint density at radius 3 is 2.61 bits per heavy atom. The molecule has 3 aromatic rings. The van der Waals surface area contributed by atoms with Crippen molar-refractivity contribution in [3.8, 4) is 11.5 Å². The van der Waals surface area contributed by atoms with Gasteiger partial charge in [0.05, 0.1) is 16.6 Å². The summed E-state index contributed by atoms with van der Waals surface area (Å²) in [7, 11) is 0. The van der Waals surface area contributed by atoms with E-state index in [-0.39, 0.29) is 34.7 Å². The van der Waals surface area contributed by atoms with Crippen molar-refractivity contribution < 1.29 is 28.3 Å². The number of carbonyl (C=O) groups excluding carboxylic acids is 1. The van der Waals surface area contributed by atoms with E-state index in [0.717, 1.165) is 5.56 Å². The van der Waals surface area contributed by atoms with Gasteiger partial charge in [-0.05, 0) is 61.4 Å². The van der Waals surface area contributed by atoms with E-state index in [1.54, 1.807) is 44.2 Å². The van der Waals surface area contributed by atoms with Crippen LogP contribution < -0.4 is 9.47 Å². The van der Waals surface area contributed by atoms with Gasteiger partial charge in [0, 0.05) is 17.2 Å². The Morgan fingerprint density at radius 1 is 1.17 bits per heavy atom. The predicted octanol–water partition coefficient (Wildman–Crippen LogP) is 6.02. The Bertz CT molecular complexity index is 1400. The van der Waals surface area contributed by atoms with Gasteiger partial charge in [-0.2, -0.15) is 0 Å². The molecule has 0 bridgehead atoms. The Labute approximate surface area is 210 Å². The number of rotatable bonds is 8. The van der Waals surface area contributed by atoms with Crippen molar-refractivity contribution in [2.24, 2.45) is 4.99 Å². The minimum Gasteiger partial charge on any atom is -0.490 e. The maximum atomic E-state index is 13.2. The summed E-state index contributed by atoms with van der Waals surface area (Å²) in [6.07, 6.45) is 1.47. The van der Waals surface area contributed by atoms with Gasteiger partial charge < -0.3 is 14.2 Å². The highest BCUT2D eigenvalue weighted by Crippen LogP contribution is 2.38. The number of nitro groups is 1. The van der Waals surface area contributed by atoms with Crippen LogP contribution in [0.1, 0.15) is 29.2 Å². The maximum Gasteiger partial charge on any atom is 0.363 e. The Morgan fingerprint density at radius 2 is 1.92 bits per heavy atom. The molecule has 0 unspecified atom stereocenters. The molecular weight excluding hydrogens is 491 g/mol. The number of hydrogen-bond acceptors (Lipinski definition) is 7. The molecule has 0 aliphatic carbocycles. The molecule has 8 nitrogen and oxygen atoms in total. The molecule has 1 aliphatic rings. The van der Waals surface area contributed by atoms with Crippen molar-refractivity contribution in [1.29, 1.82) is 0 Å². The lowest BCUT2D eigenvalue weighted by molar-refractivity contribution is -0.385. The van der Waals surface area contributed by atoms with Crippen LogP contribution in [0.2, 0.25) is 5.02 Å². The van der Waals surface area contributed by atoms with E-state index in [2.05, 4.69) is 4.99 Å². The topological polar surface area (TPSA) is 100 Å². The second kappa shape index (κ2) is 10.6. The first-order valence-electron chi connectivity index (χ1n) is 10.9. The molecule has 3 aromatic carbocycles. The van der Waals surface area contributed by atoms with Crippen LogP contribution in [0.3, 0.4) is 0 Å².